The Hall–Kier alpha value is -3.20. The molecule has 1 aliphatic rings. The lowest BCUT2D eigenvalue weighted by Gasteiger charge is -2.35. The minimum atomic E-state index is -0.114. The number of hydrogen-bond donors (Lipinski definition) is 1. The molecular weight excluding hydrogens is 356 g/mol. The van der Waals surface area contributed by atoms with Gasteiger partial charge in [0.05, 0.1) is 6.20 Å². The Morgan fingerprint density at radius 3 is 2.57 bits per heavy atom. The van der Waals surface area contributed by atoms with Crippen LogP contribution < -0.4 is 10.6 Å². The van der Waals surface area contributed by atoms with Crippen molar-refractivity contribution in [2.24, 2.45) is 0 Å². The third-order valence-electron chi connectivity index (χ3n) is 4.88. The van der Waals surface area contributed by atoms with Crippen molar-refractivity contribution in [3.63, 3.8) is 0 Å². The molecule has 1 aliphatic heterocycles. The third kappa shape index (κ3) is 3.48. The highest BCUT2D eigenvalue weighted by molar-refractivity contribution is 5.98. The van der Waals surface area contributed by atoms with Gasteiger partial charge in [-0.15, -0.1) is 0 Å². The molecule has 0 saturated carbocycles. The second kappa shape index (κ2) is 7.43. The van der Waals surface area contributed by atoms with E-state index in [4.69, 9.17) is 5.73 Å². The molecule has 3 aromatic rings. The van der Waals surface area contributed by atoms with E-state index in [1.807, 2.05) is 26.4 Å². The number of carbonyl (C=O) groups excluding carboxylic acids is 1. The van der Waals surface area contributed by atoms with Gasteiger partial charge >= 0.3 is 0 Å². The van der Waals surface area contributed by atoms with Crippen LogP contribution in [0.3, 0.4) is 0 Å². The van der Waals surface area contributed by atoms with Crippen molar-refractivity contribution < 1.29 is 4.79 Å². The number of anilines is 2. The number of rotatable bonds is 4. The molecule has 28 heavy (non-hydrogen) atoms. The van der Waals surface area contributed by atoms with E-state index in [0.29, 0.717) is 30.1 Å². The van der Waals surface area contributed by atoms with Crippen molar-refractivity contribution in [2.45, 2.75) is 6.54 Å². The number of fused-ring (bicyclic) bond motifs is 1. The van der Waals surface area contributed by atoms with Gasteiger partial charge in [-0.2, -0.15) is 9.61 Å². The number of amides is 1. The summed E-state index contributed by atoms with van der Waals surface area (Å²) in [6, 6.07) is 5.90. The molecule has 3 aromatic heterocycles. The summed E-state index contributed by atoms with van der Waals surface area (Å²) in [6.45, 7) is 3.53. The van der Waals surface area contributed by atoms with Gasteiger partial charge in [-0.05, 0) is 25.7 Å². The maximum Gasteiger partial charge on any atom is 0.259 e. The Balaban J connectivity index is 1.42. The molecule has 9 heteroatoms. The number of pyridine rings is 1. The van der Waals surface area contributed by atoms with Crippen LogP contribution >= 0.6 is 0 Å². The fourth-order valence-corrected chi connectivity index (χ4v) is 3.43. The second-order valence-electron chi connectivity index (χ2n) is 7.20. The minimum absolute atomic E-state index is 0.114. The molecule has 1 saturated heterocycles. The highest BCUT2D eigenvalue weighted by Crippen LogP contribution is 2.18. The molecule has 4 heterocycles. The van der Waals surface area contributed by atoms with E-state index in [1.165, 1.54) is 16.3 Å². The van der Waals surface area contributed by atoms with Gasteiger partial charge in [0.1, 0.15) is 17.2 Å². The minimum Gasteiger partial charge on any atom is -0.383 e. The monoisotopic (exact) mass is 380 g/mol. The van der Waals surface area contributed by atoms with Crippen LogP contribution in [0.2, 0.25) is 0 Å². The van der Waals surface area contributed by atoms with Gasteiger partial charge in [0.2, 0.25) is 0 Å². The van der Waals surface area contributed by atoms with Crippen molar-refractivity contribution in [3.8, 4) is 0 Å². The van der Waals surface area contributed by atoms with Crippen molar-refractivity contribution in [1.29, 1.82) is 0 Å². The first-order valence-corrected chi connectivity index (χ1v) is 9.25. The molecular formula is C19H24N8O. The topological polar surface area (TPSA) is 95.9 Å². The molecule has 0 radical (unpaired) electrons. The number of nitrogen functional groups attached to an aromatic ring is 1. The average molecular weight is 380 g/mol. The standard InChI is InChI=1S/C19H24N8O/c1-24(2)13-14-3-4-16(21-11-14)25-7-9-26(10-8-25)19(28)15-12-22-17-5-6-23-27(17)18(15)20/h3-6,11-12H,7-10,13,20H2,1-2H3. The van der Waals surface area contributed by atoms with E-state index in [1.54, 1.807) is 17.2 Å². The Bertz CT molecular complexity index is 973. The summed E-state index contributed by atoms with van der Waals surface area (Å²) >= 11 is 0. The molecule has 0 aromatic carbocycles. The molecule has 0 unspecified atom stereocenters. The lowest BCUT2D eigenvalue weighted by molar-refractivity contribution is 0.0746. The summed E-state index contributed by atoms with van der Waals surface area (Å²) in [5.41, 5.74) is 8.32. The Morgan fingerprint density at radius 2 is 1.89 bits per heavy atom. The number of piperazine rings is 1. The summed E-state index contributed by atoms with van der Waals surface area (Å²) in [5.74, 6) is 1.14. The number of aromatic nitrogens is 4. The van der Waals surface area contributed by atoms with Crippen LogP contribution in [0.5, 0.6) is 0 Å². The van der Waals surface area contributed by atoms with Crippen LogP contribution in [0.15, 0.2) is 36.8 Å². The molecule has 0 bridgehead atoms. The van der Waals surface area contributed by atoms with Crippen molar-refractivity contribution in [3.05, 3.63) is 47.9 Å². The van der Waals surface area contributed by atoms with E-state index >= 15 is 0 Å². The smallest absolute Gasteiger partial charge is 0.259 e. The normalized spacial score (nSPS) is 14.8. The van der Waals surface area contributed by atoms with Crippen LogP contribution in [0.1, 0.15) is 15.9 Å². The first-order chi connectivity index (χ1) is 13.5. The molecule has 2 N–H and O–H groups in total. The van der Waals surface area contributed by atoms with Gasteiger partial charge in [0.25, 0.3) is 5.91 Å². The van der Waals surface area contributed by atoms with Gasteiger partial charge < -0.3 is 20.4 Å². The second-order valence-corrected chi connectivity index (χ2v) is 7.20. The van der Waals surface area contributed by atoms with Crippen LogP contribution in [0.25, 0.3) is 5.65 Å². The van der Waals surface area contributed by atoms with E-state index in [-0.39, 0.29) is 5.91 Å². The molecule has 1 fully saturated rings. The quantitative estimate of drug-likeness (QED) is 0.713. The number of carbonyl (C=O) groups is 1. The van der Waals surface area contributed by atoms with Gasteiger partial charge in [0.15, 0.2) is 5.65 Å². The van der Waals surface area contributed by atoms with Gasteiger partial charge in [0, 0.05) is 51.2 Å². The zero-order valence-electron chi connectivity index (χ0n) is 16.1. The lowest BCUT2D eigenvalue weighted by atomic mass is 10.2. The zero-order chi connectivity index (χ0) is 19.7. The van der Waals surface area contributed by atoms with Crippen LogP contribution in [0, 0.1) is 0 Å². The number of nitrogens with zero attached hydrogens (tertiary/aromatic N) is 7. The van der Waals surface area contributed by atoms with E-state index in [0.717, 1.165) is 25.5 Å². The molecule has 0 aliphatic carbocycles. The lowest BCUT2D eigenvalue weighted by Crippen LogP contribution is -2.49. The fraction of sp³-hybridized carbons (Fsp3) is 0.368. The van der Waals surface area contributed by atoms with Crippen LogP contribution in [0.4, 0.5) is 11.6 Å². The summed E-state index contributed by atoms with van der Waals surface area (Å²) in [6.07, 6.45) is 5.06. The average Bonchev–Trinajstić information content (AvgIpc) is 3.18. The molecule has 4 rings (SSSR count). The summed E-state index contributed by atoms with van der Waals surface area (Å²) in [7, 11) is 4.08. The summed E-state index contributed by atoms with van der Waals surface area (Å²) in [5, 5.41) is 4.12. The van der Waals surface area contributed by atoms with E-state index in [9.17, 15) is 4.79 Å². The Kier molecular flexibility index (Phi) is 4.82. The first-order valence-electron chi connectivity index (χ1n) is 9.25. The van der Waals surface area contributed by atoms with Crippen molar-refractivity contribution in [1.82, 2.24) is 29.4 Å². The summed E-state index contributed by atoms with van der Waals surface area (Å²) < 4.78 is 1.49. The largest absolute Gasteiger partial charge is 0.383 e. The maximum absolute atomic E-state index is 12.9. The molecule has 146 valence electrons. The SMILES string of the molecule is CN(C)Cc1ccc(N2CCN(C(=O)c3cnc4ccnn4c3N)CC2)nc1. The molecule has 9 nitrogen and oxygen atoms in total. The maximum atomic E-state index is 12.9. The number of hydrogen-bond acceptors (Lipinski definition) is 7. The van der Waals surface area contributed by atoms with Gasteiger partial charge in [-0.3, -0.25) is 4.79 Å². The Labute approximate surface area is 163 Å². The molecule has 0 atom stereocenters. The van der Waals surface area contributed by atoms with Crippen molar-refractivity contribution >= 4 is 23.2 Å². The highest BCUT2D eigenvalue weighted by Gasteiger charge is 2.25. The predicted octanol–water partition coefficient (Wildman–Crippen LogP) is 0.731. The van der Waals surface area contributed by atoms with Gasteiger partial charge in [-0.25, -0.2) is 9.97 Å². The van der Waals surface area contributed by atoms with Crippen LogP contribution in [-0.2, 0) is 6.54 Å². The highest BCUT2D eigenvalue weighted by atomic mass is 16.2. The van der Waals surface area contributed by atoms with Gasteiger partial charge in [-0.1, -0.05) is 6.07 Å². The Morgan fingerprint density at radius 1 is 1.11 bits per heavy atom. The van der Waals surface area contributed by atoms with Crippen molar-refractivity contribution in [2.75, 3.05) is 50.9 Å². The molecule has 0 spiro atoms. The van der Waals surface area contributed by atoms with E-state index in [2.05, 4.69) is 30.9 Å². The predicted molar refractivity (Wildman–Crippen MR) is 107 cm³/mol. The summed E-state index contributed by atoms with van der Waals surface area (Å²) in [4.78, 5) is 27.9. The molecule has 1 amide bonds. The number of nitrogens with two attached hydrogens (primary N) is 1. The third-order valence-corrected chi connectivity index (χ3v) is 4.88. The first kappa shape index (κ1) is 18.2. The van der Waals surface area contributed by atoms with E-state index < -0.39 is 0 Å². The van der Waals surface area contributed by atoms with Crippen LogP contribution in [-0.4, -0.2) is 75.6 Å². The fourth-order valence-electron chi connectivity index (χ4n) is 3.43. The zero-order valence-corrected chi connectivity index (χ0v) is 16.1.